The number of aromatic amines is 1. The van der Waals surface area contributed by atoms with E-state index in [4.69, 9.17) is 9.15 Å². The van der Waals surface area contributed by atoms with Gasteiger partial charge in [-0.1, -0.05) is 58.2 Å². The minimum atomic E-state index is -1.50. The van der Waals surface area contributed by atoms with Crippen LogP contribution in [-0.4, -0.2) is 49.6 Å². The molecule has 2 amide bonds. The number of ether oxygens (including phenoxy) is 1. The molecular formula is C26H36N6O5. The molecule has 0 aliphatic rings. The number of rotatable bonds is 12. The molecule has 3 aromatic rings. The summed E-state index contributed by atoms with van der Waals surface area (Å²) in [6.45, 7) is 9.80. The van der Waals surface area contributed by atoms with Crippen LogP contribution in [0.15, 0.2) is 40.9 Å². The monoisotopic (exact) mass is 512 g/mol. The molecule has 3 rings (SSSR count). The molecule has 0 unspecified atom stereocenters. The summed E-state index contributed by atoms with van der Waals surface area (Å²) in [5.74, 6) is 0.157. The van der Waals surface area contributed by atoms with Crippen LogP contribution < -0.4 is 10.6 Å². The van der Waals surface area contributed by atoms with Gasteiger partial charge in [-0.3, -0.25) is 9.89 Å². The summed E-state index contributed by atoms with van der Waals surface area (Å²) in [6, 6.07) is 8.34. The molecule has 1 aromatic carbocycles. The maximum Gasteiger partial charge on any atom is 0.408 e. The second kappa shape index (κ2) is 12.5. The van der Waals surface area contributed by atoms with E-state index in [-0.39, 0.29) is 5.89 Å². The van der Waals surface area contributed by atoms with Gasteiger partial charge < -0.3 is 24.9 Å². The lowest BCUT2D eigenvalue weighted by molar-refractivity contribution is -0.125. The fourth-order valence-corrected chi connectivity index (χ4v) is 3.62. The number of carbonyl (C=O) groups is 2. The molecule has 200 valence electrons. The Labute approximate surface area is 216 Å². The summed E-state index contributed by atoms with van der Waals surface area (Å²) in [6.07, 6.45) is 0.859. The molecule has 0 saturated carbocycles. The second-order valence-electron chi connectivity index (χ2n) is 9.74. The summed E-state index contributed by atoms with van der Waals surface area (Å²) in [5.41, 5.74) is 1.32. The van der Waals surface area contributed by atoms with E-state index in [0.29, 0.717) is 31.0 Å². The predicted octanol–water partition coefficient (Wildman–Crippen LogP) is 4.53. The molecule has 0 aliphatic heterocycles. The van der Waals surface area contributed by atoms with Crippen LogP contribution in [0.1, 0.15) is 70.9 Å². The van der Waals surface area contributed by atoms with Crippen molar-refractivity contribution in [1.82, 2.24) is 25.7 Å². The summed E-state index contributed by atoms with van der Waals surface area (Å²) in [5, 5.41) is 30.6. The number of carbonyl (C=O) groups excluding carboxylic acids is 2. The zero-order chi connectivity index (χ0) is 27.0. The Morgan fingerprint density at radius 2 is 1.89 bits per heavy atom. The molecule has 37 heavy (non-hydrogen) atoms. The van der Waals surface area contributed by atoms with Crippen LogP contribution in [0.2, 0.25) is 0 Å². The number of nitrogens with zero attached hydrogens (tertiary/aromatic N) is 3. The zero-order valence-electron chi connectivity index (χ0n) is 21.9. The second-order valence-corrected chi connectivity index (χ2v) is 9.74. The number of hydrogen-bond acceptors (Lipinski definition) is 8. The van der Waals surface area contributed by atoms with Crippen molar-refractivity contribution in [3.8, 4) is 11.5 Å². The topological polar surface area (TPSA) is 155 Å². The van der Waals surface area contributed by atoms with E-state index in [1.54, 1.807) is 6.07 Å². The number of amides is 2. The number of aliphatic hydroxyl groups excluding tert-OH is 1. The minimum Gasteiger partial charge on any atom is -0.436 e. The van der Waals surface area contributed by atoms with Crippen LogP contribution in [0, 0.1) is 12.3 Å². The molecule has 0 fully saturated rings. The average Bonchev–Trinajstić information content (AvgIpc) is 3.57. The van der Waals surface area contributed by atoms with Crippen LogP contribution in [0.3, 0.4) is 0 Å². The van der Waals surface area contributed by atoms with Gasteiger partial charge in [0.25, 0.3) is 11.8 Å². The molecule has 0 spiro atoms. The van der Waals surface area contributed by atoms with E-state index in [0.717, 1.165) is 17.5 Å². The third-order valence-corrected chi connectivity index (χ3v) is 6.39. The van der Waals surface area contributed by atoms with Crippen molar-refractivity contribution < 1.29 is 23.8 Å². The van der Waals surface area contributed by atoms with Crippen LogP contribution in [-0.2, 0) is 9.53 Å². The van der Waals surface area contributed by atoms with Gasteiger partial charge in [-0.15, -0.1) is 10.2 Å². The quantitative estimate of drug-likeness (QED) is 0.276. The lowest BCUT2D eigenvalue weighted by Gasteiger charge is -2.31. The molecule has 11 heteroatoms. The SMILES string of the molecule is CCCC[C@H](NC(=O)O[C@H](c1nnc(-c2ccc(C)cc2)o1)C(C)(C)CC)[C@@H](O)C(=O)Nc1ccn[nH]1. The Hall–Kier alpha value is -3.73. The van der Waals surface area contributed by atoms with E-state index in [1.165, 1.54) is 6.20 Å². The number of nitrogens with one attached hydrogen (secondary N) is 3. The smallest absolute Gasteiger partial charge is 0.408 e. The molecule has 0 aliphatic carbocycles. The van der Waals surface area contributed by atoms with Crippen molar-refractivity contribution >= 4 is 17.8 Å². The Morgan fingerprint density at radius 1 is 1.16 bits per heavy atom. The standard InChI is InChI=1S/C26H36N6O5/c1-6-8-9-18(20(33)22(34)29-19-14-15-27-30-19)28-25(35)36-21(26(4,5)7-2)24-32-31-23(37-24)17-12-10-16(3)11-13-17/h10-15,18,20-21,33H,6-9H2,1-5H3,(H,28,35)(H2,27,29,30,34)/t18-,20+,21+/m0/s1. The first-order valence-electron chi connectivity index (χ1n) is 12.5. The molecule has 0 radical (unpaired) electrons. The number of aromatic nitrogens is 4. The van der Waals surface area contributed by atoms with Crippen LogP contribution in [0.4, 0.5) is 10.6 Å². The number of aryl methyl sites for hydroxylation is 1. The van der Waals surface area contributed by atoms with Gasteiger partial charge in [-0.05, 0) is 31.9 Å². The summed E-state index contributed by atoms with van der Waals surface area (Å²) < 4.78 is 11.7. The average molecular weight is 513 g/mol. The third kappa shape index (κ3) is 7.39. The lowest BCUT2D eigenvalue weighted by atomic mass is 9.83. The highest BCUT2D eigenvalue weighted by atomic mass is 16.6. The highest BCUT2D eigenvalue weighted by Gasteiger charge is 2.38. The van der Waals surface area contributed by atoms with E-state index >= 15 is 0 Å². The molecule has 2 aromatic heterocycles. The van der Waals surface area contributed by atoms with Gasteiger partial charge in [0.2, 0.25) is 5.89 Å². The minimum absolute atomic E-state index is 0.167. The maximum atomic E-state index is 13.0. The molecule has 2 heterocycles. The number of hydrogen-bond donors (Lipinski definition) is 4. The molecular weight excluding hydrogens is 476 g/mol. The first kappa shape index (κ1) is 27.9. The van der Waals surface area contributed by atoms with E-state index < -0.39 is 35.7 Å². The predicted molar refractivity (Wildman–Crippen MR) is 137 cm³/mol. The summed E-state index contributed by atoms with van der Waals surface area (Å²) >= 11 is 0. The van der Waals surface area contributed by atoms with Gasteiger partial charge in [0.05, 0.1) is 12.2 Å². The summed E-state index contributed by atoms with van der Waals surface area (Å²) in [4.78, 5) is 25.6. The molecule has 0 saturated heterocycles. The van der Waals surface area contributed by atoms with E-state index in [1.807, 2.05) is 58.9 Å². The van der Waals surface area contributed by atoms with Crippen molar-refractivity contribution in [2.45, 2.75) is 78.6 Å². The number of anilines is 1. The number of aliphatic hydroxyl groups is 1. The van der Waals surface area contributed by atoms with Gasteiger partial charge in [0, 0.05) is 17.0 Å². The largest absolute Gasteiger partial charge is 0.436 e. The zero-order valence-corrected chi connectivity index (χ0v) is 21.9. The number of alkyl carbamates (subject to hydrolysis) is 1. The highest BCUT2D eigenvalue weighted by molar-refractivity contribution is 5.94. The van der Waals surface area contributed by atoms with Gasteiger partial charge in [-0.2, -0.15) is 5.10 Å². The van der Waals surface area contributed by atoms with Gasteiger partial charge in [0.1, 0.15) is 5.82 Å². The summed E-state index contributed by atoms with van der Waals surface area (Å²) in [7, 11) is 0. The van der Waals surface area contributed by atoms with Crippen molar-refractivity contribution in [3.05, 3.63) is 48.0 Å². The van der Waals surface area contributed by atoms with E-state index in [9.17, 15) is 14.7 Å². The van der Waals surface area contributed by atoms with Crippen molar-refractivity contribution in [3.63, 3.8) is 0 Å². The Balaban J connectivity index is 1.75. The van der Waals surface area contributed by atoms with Gasteiger partial charge >= 0.3 is 6.09 Å². The Morgan fingerprint density at radius 3 is 2.51 bits per heavy atom. The first-order valence-corrected chi connectivity index (χ1v) is 12.5. The highest BCUT2D eigenvalue weighted by Crippen LogP contribution is 2.39. The normalized spacial score (nSPS) is 14.0. The molecule has 4 N–H and O–H groups in total. The van der Waals surface area contributed by atoms with Crippen molar-refractivity contribution in [2.24, 2.45) is 5.41 Å². The Bertz CT molecular complexity index is 1140. The number of benzene rings is 1. The van der Waals surface area contributed by atoms with E-state index in [2.05, 4.69) is 31.0 Å². The first-order chi connectivity index (χ1) is 17.6. The molecule has 3 atom stereocenters. The third-order valence-electron chi connectivity index (χ3n) is 6.39. The lowest BCUT2D eigenvalue weighted by Crippen LogP contribution is -2.49. The Kier molecular flexibility index (Phi) is 9.40. The van der Waals surface area contributed by atoms with Crippen LogP contribution in [0.25, 0.3) is 11.5 Å². The number of H-pyrrole nitrogens is 1. The van der Waals surface area contributed by atoms with Crippen LogP contribution in [0.5, 0.6) is 0 Å². The fourth-order valence-electron chi connectivity index (χ4n) is 3.62. The molecule has 0 bridgehead atoms. The molecule has 11 nitrogen and oxygen atoms in total. The fraction of sp³-hybridized carbons (Fsp3) is 0.500. The van der Waals surface area contributed by atoms with Crippen molar-refractivity contribution in [2.75, 3.05) is 5.32 Å². The van der Waals surface area contributed by atoms with Crippen LogP contribution >= 0.6 is 0 Å². The number of unbranched alkanes of at least 4 members (excludes halogenated alkanes) is 1. The van der Waals surface area contributed by atoms with Gasteiger partial charge in [-0.25, -0.2) is 4.79 Å². The van der Waals surface area contributed by atoms with Gasteiger partial charge in [0.15, 0.2) is 12.2 Å². The van der Waals surface area contributed by atoms with Crippen molar-refractivity contribution in [1.29, 1.82) is 0 Å². The maximum absolute atomic E-state index is 13.0.